The molecule has 0 radical (unpaired) electrons. The number of nitrogens with one attached hydrogen (secondary N) is 1. The number of hydrogen-bond donors (Lipinski definition) is 2. The molecule has 0 bridgehead atoms. The van der Waals surface area contributed by atoms with Gasteiger partial charge < -0.3 is 5.73 Å². The second-order valence-corrected chi connectivity index (χ2v) is 16.2. The van der Waals surface area contributed by atoms with E-state index in [-0.39, 0.29) is 23.0 Å². The van der Waals surface area contributed by atoms with Crippen LogP contribution < -0.4 is 11.1 Å². The lowest BCUT2D eigenvalue weighted by Crippen LogP contribution is -2.31. The zero-order valence-corrected chi connectivity index (χ0v) is 31.6. The van der Waals surface area contributed by atoms with Crippen molar-refractivity contribution in [2.45, 2.75) is 36.9 Å². The Balaban J connectivity index is 1.07. The molecule has 3 N–H and O–H groups in total. The smallest absolute Gasteiger partial charge is 0.0817 e. The van der Waals surface area contributed by atoms with Crippen LogP contribution in [0.5, 0.6) is 0 Å². The highest BCUT2D eigenvalue weighted by Gasteiger charge is 2.51. The van der Waals surface area contributed by atoms with Gasteiger partial charge in [-0.15, -0.1) is 0 Å². The van der Waals surface area contributed by atoms with Crippen LogP contribution in [0.4, 0.5) is 0 Å². The molecule has 2 nitrogen and oxygen atoms in total. The van der Waals surface area contributed by atoms with E-state index in [1.54, 1.807) is 0 Å². The first-order chi connectivity index (χ1) is 27.4. The SMILES string of the molecule is CC1(C)c2cc3ccccc3cc2-c2c(/C=C/C(NC(N)c3ccccc3)c3ccc4c(c3)-c3ccccc3C43c4ccccc4-c4ccccc43)cccc21. The Morgan fingerprint density at radius 1 is 0.464 bits per heavy atom. The molecule has 0 saturated heterocycles. The van der Waals surface area contributed by atoms with Gasteiger partial charge in [-0.2, -0.15) is 0 Å². The number of fused-ring (bicyclic) bond motifs is 14. The van der Waals surface area contributed by atoms with E-state index >= 15 is 0 Å². The van der Waals surface area contributed by atoms with Crippen LogP contribution in [0.2, 0.25) is 0 Å². The van der Waals surface area contributed by atoms with Crippen molar-refractivity contribution in [3.8, 4) is 33.4 Å². The number of rotatable bonds is 6. The highest BCUT2D eigenvalue weighted by molar-refractivity contribution is 5.97. The Labute approximate surface area is 329 Å². The molecular weight excluding hydrogens is 677 g/mol. The van der Waals surface area contributed by atoms with Crippen molar-refractivity contribution in [3.63, 3.8) is 0 Å². The molecule has 0 amide bonds. The van der Waals surface area contributed by atoms with Crippen molar-refractivity contribution >= 4 is 16.8 Å². The van der Waals surface area contributed by atoms with Crippen LogP contribution in [0, 0.1) is 0 Å². The Bertz CT molecular complexity index is 2850. The lowest BCUT2D eigenvalue weighted by atomic mass is 9.70. The maximum Gasteiger partial charge on any atom is 0.0817 e. The molecular formula is C54H42N2. The number of benzene rings is 8. The van der Waals surface area contributed by atoms with Crippen LogP contribution >= 0.6 is 0 Å². The summed E-state index contributed by atoms with van der Waals surface area (Å²) in [6, 6.07) is 64.6. The molecule has 2 heteroatoms. The summed E-state index contributed by atoms with van der Waals surface area (Å²) in [7, 11) is 0. The van der Waals surface area contributed by atoms with Crippen molar-refractivity contribution in [3.05, 3.63) is 232 Å². The van der Waals surface area contributed by atoms with E-state index < -0.39 is 0 Å². The minimum absolute atomic E-state index is 0.104. The van der Waals surface area contributed by atoms with E-state index in [4.69, 9.17) is 5.73 Å². The molecule has 3 aliphatic rings. The zero-order valence-electron chi connectivity index (χ0n) is 31.6. The van der Waals surface area contributed by atoms with Gasteiger partial charge in [-0.3, -0.25) is 5.32 Å². The molecule has 268 valence electrons. The molecule has 0 saturated carbocycles. The van der Waals surface area contributed by atoms with Crippen molar-refractivity contribution < 1.29 is 0 Å². The molecule has 0 heterocycles. The summed E-state index contributed by atoms with van der Waals surface area (Å²) in [4.78, 5) is 0. The molecule has 3 aliphatic carbocycles. The fourth-order valence-corrected chi connectivity index (χ4v) is 10.4. The average molecular weight is 719 g/mol. The first kappa shape index (κ1) is 33.1. The van der Waals surface area contributed by atoms with Gasteiger partial charge in [-0.25, -0.2) is 0 Å². The Morgan fingerprint density at radius 2 is 1.02 bits per heavy atom. The molecule has 0 aliphatic heterocycles. The van der Waals surface area contributed by atoms with Gasteiger partial charge in [-0.1, -0.05) is 184 Å². The van der Waals surface area contributed by atoms with Gasteiger partial charge in [-0.05, 0) is 112 Å². The standard InChI is InChI=1S/C54H42N2/c1-53(2)48-26-14-19-34(51(48)43-31-36-17-6-7-18-37(36)33-49(43)53)28-30-50(56-52(55)35-15-4-3-5-16-35)38-27-29-47-42(32-38)41-22-10-13-25-46(41)54(47)44-23-11-8-20-39(44)40-21-9-12-24-45(40)54/h3-33,50,52,56H,55H2,1-2H3/b30-28+. The summed E-state index contributed by atoms with van der Waals surface area (Å²) in [6.07, 6.45) is 4.28. The van der Waals surface area contributed by atoms with E-state index in [2.05, 4.69) is 201 Å². The van der Waals surface area contributed by atoms with Crippen LogP contribution in [-0.2, 0) is 10.8 Å². The fourth-order valence-electron chi connectivity index (χ4n) is 10.4. The average Bonchev–Trinajstić information content (AvgIpc) is 3.80. The molecule has 8 aromatic rings. The van der Waals surface area contributed by atoms with E-state index in [9.17, 15) is 0 Å². The van der Waals surface area contributed by atoms with E-state index in [1.165, 1.54) is 88.7 Å². The molecule has 8 aromatic carbocycles. The maximum absolute atomic E-state index is 6.99. The van der Waals surface area contributed by atoms with Gasteiger partial charge in [0, 0.05) is 5.41 Å². The quantitative estimate of drug-likeness (QED) is 0.168. The second kappa shape index (κ2) is 12.3. The minimum atomic E-state index is -0.369. The van der Waals surface area contributed by atoms with Crippen LogP contribution in [0.15, 0.2) is 182 Å². The molecule has 0 fully saturated rings. The third kappa shape index (κ3) is 4.64. The number of nitrogens with two attached hydrogens (primary N) is 1. The third-order valence-electron chi connectivity index (χ3n) is 13.0. The van der Waals surface area contributed by atoms with Gasteiger partial charge in [0.2, 0.25) is 0 Å². The van der Waals surface area contributed by atoms with Crippen molar-refractivity contribution in [1.82, 2.24) is 5.32 Å². The van der Waals surface area contributed by atoms with Gasteiger partial charge in [0.05, 0.1) is 17.6 Å². The molecule has 0 aromatic heterocycles. The lowest BCUT2D eigenvalue weighted by molar-refractivity contribution is 0.509. The Morgan fingerprint density at radius 3 is 1.70 bits per heavy atom. The molecule has 1 spiro atoms. The first-order valence-corrected chi connectivity index (χ1v) is 19.8. The van der Waals surface area contributed by atoms with Crippen molar-refractivity contribution in [2.24, 2.45) is 5.73 Å². The molecule has 2 atom stereocenters. The summed E-state index contributed by atoms with van der Waals surface area (Å²) < 4.78 is 0. The van der Waals surface area contributed by atoms with E-state index in [0.717, 1.165) is 5.56 Å². The zero-order chi connectivity index (χ0) is 37.6. The molecule has 11 rings (SSSR count). The summed E-state index contributed by atoms with van der Waals surface area (Å²) in [5.41, 5.74) is 26.0. The summed E-state index contributed by atoms with van der Waals surface area (Å²) in [5, 5.41) is 6.40. The first-order valence-electron chi connectivity index (χ1n) is 19.8. The van der Waals surface area contributed by atoms with Crippen molar-refractivity contribution in [2.75, 3.05) is 0 Å². The van der Waals surface area contributed by atoms with Crippen LogP contribution in [-0.4, -0.2) is 0 Å². The fraction of sp³-hybridized carbons (Fsp3) is 0.111. The lowest BCUT2D eigenvalue weighted by Gasteiger charge is -2.30. The van der Waals surface area contributed by atoms with Gasteiger partial charge in [0.25, 0.3) is 0 Å². The minimum Gasteiger partial charge on any atom is -0.312 e. The Hall–Kier alpha value is -6.32. The van der Waals surface area contributed by atoms with Crippen LogP contribution in [0.25, 0.3) is 50.2 Å². The van der Waals surface area contributed by atoms with Crippen LogP contribution in [0.1, 0.15) is 76.1 Å². The highest BCUT2D eigenvalue weighted by atomic mass is 15.0. The van der Waals surface area contributed by atoms with E-state index in [1.807, 2.05) is 6.07 Å². The predicted molar refractivity (Wildman–Crippen MR) is 233 cm³/mol. The maximum atomic E-state index is 6.99. The van der Waals surface area contributed by atoms with E-state index in [0.29, 0.717) is 0 Å². The third-order valence-corrected chi connectivity index (χ3v) is 13.0. The topological polar surface area (TPSA) is 38.0 Å². The normalized spacial score (nSPS) is 15.9. The summed E-state index contributed by atoms with van der Waals surface area (Å²) in [5.74, 6) is 0. The van der Waals surface area contributed by atoms with Gasteiger partial charge in [0.15, 0.2) is 0 Å². The highest BCUT2D eigenvalue weighted by Crippen LogP contribution is 2.63. The predicted octanol–water partition coefficient (Wildman–Crippen LogP) is 12.5. The van der Waals surface area contributed by atoms with Crippen LogP contribution in [0.3, 0.4) is 0 Å². The summed E-state index contributed by atoms with van der Waals surface area (Å²) >= 11 is 0. The number of hydrogen-bond acceptors (Lipinski definition) is 2. The van der Waals surface area contributed by atoms with Crippen molar-refractivity contribution in [1.29, 1.82) is 0 Å². The Kier molecular flexibility index (Phi) is 7.29. The largest absolute Gasteiger partial charge is 0.312 e. The van der Waals surface area contributed by atoms with Gasteiger partial charge >= 0.3 is 0 Å². The summed E-state index contributed by atoms with van der Waals surface area (Å²) in [6.45, 7) is 4.72. The second-order valence-electron chi connectivity index (χ2n) is 16.2. The molecule has 56 heavy (non-hydrogen) atoms. The monoisotopic (exact) mass is 718 g/mol. The van der Waals surface area contributed by atoms with Gasteiger partial charge in [0.1, 0.15) is 0 Å². The molecule has 2 unspecified atom stereocenters.